The zero-order chi connectivity index (χ0) is 13.3. The Labute approximate surface area is 108 Å². The molecule has 0 aliphatic carbocycles. The number of halogens is 3. The molecule has 2 aromatic carbocycles. The van der Waals surface area contributed by atoms with Crippen LogP contribution in [0.3, 0.4) is 0 Å². The van der Waals surface area contributed by atoms with E-state index in [0.29, 0.717) is 5.56 Å². The van der Waals surface area contributed by atoms with Crippen molar-refractivity contribution in [1.29, 1.82) is 0 Å². The Morgan fingerprint density at radius 3 is 2.44 bits per heavy atom. The topological polar surface area (TPSA) is 17.1 Å². The third-order valence-electron chi connectivity index (χ3n) is 2.53. The summed E-state index contributed by atoms with van der Waals surface area (Å²) in [7, 11) is 0. The highest BCUT2D eigenvalue weighted by Crippen LogP contribution is 2.23. The van der Waals surface area contributed by atoms with Gasteiger partial charge in [0.25, 0.3) is 0 Å². The molecule has 0 unspecified atom stereocenters. The number of rotatable bonds is 2. The van der Waals surface area contributed by atoms with E-state index in [1.165, 1.54) is 0 Å². The van der Waals surface area contributed by atoms with Crippen molar-refractivity contribution in [2.24, 2.45) is 0 Å². The van der Waals surface area contributed by atoms with Gasteiger partial charge in [0.1, 0.15) is 0 Å². The van der Waals surface area contributed by atoms with Crippen molar-refractivity contribution in [2.45, 2.75) is 6.92 Å². The molecule has 0 aliphatic rings. The summed E-state index contributed by atoms with van der Waals surface area (Å²) in [6.45, 7) is 1.84. The van der Waals surface area contributed by atoms with Crippen molar-refractivity contribution >= 4 is 17.4 Å². The van der Waals surface area contributed by atoms with Gasteiger partial charge in [0.2, 0.25) is 0 Å². The van der Waals surface area contributed by atoms with E-state index in [2.05, 4.69) is 0 Å². The van der Waals surface area contributed by atoms with Gasteiger partial charge in [-0.25, -0.2) is 8.78 Å². The van der Waals surface area contributed by atoms with Gasteiger partial charge in [-0.2, -0.15) is 0 Å². The monoisotopic (exact) mass is 266 g/mol. The number of benzene rings is 2. The van der Waals surface area contributed by atoms with E-state index in [1.807, 2.05) is 13.0 Å². The SMILES string of the molecule is Cc1cccc(C(=O)c2cc(F)c(F)cc2Cl)c1. The van der Waals surface area contributed by atoms with Crippen LogP contribution in [0.4, 0.5) is 8.78 Å². The molecule has 18 heavy (non-hydrogen) atoms. The van der Waals surface area contributed by atoms with Crippen molar-refractivity contribution in [3.63, 3.8) is 0 Å². The summed E-state index contributed by atoms with van der Waals surface area (Å²) in [6, 6.07) is 8.45. The lowest BCUT2D eigenvalue weighted by Crippen LogP contribution is -2.04. The van der Waals surface area contributed by atoms with Crippen molar-refractivity contribution < 1.29 is 13.6 Å². The lowest BCUT2D eigenvalue weighted by molar-refractivity contribution is 0.103. The molecule has 0 amide bonds. The summed E-state index contributed by atoms with van der Waals surface area (Å²) in [5, 5.41) is -0.0968. The van der Waals surface area contributed by atoms with E-state index in [9.17, 15) is 13.6 Å². The van der Waals surface area contributed by atoms with Gasteiger partial charge in [0, 0.05) is 11.1 Å². The molecule has 4 heteroatoms. The van der Waals surface area contributed by atoms with Crippen molar-refractivity contribution in [3.05, 3.63) is 69.7 Å². The molecule has 0 radical (unpaired) electrons. The first-order chi connectivity index (χ1) is 8.49. The molecule has 0 fully saturated rings. The molecule has 0 spiro atoms. The molecule has 0 atom stereocenters. The highest BCUT2D eigenvalue weighted by atomic mass is 35.5. The number of carbonyl (C=O) groups is 1. The Bertz CT molecular complexity index is 623. The maximum atomic E-state index is 13.1. The molecule has 1 nitrogen and oxygen atoms in total. The first-order valence-corrected chi connectivity index (χ1v) is 5.63. The quantitative estimate of drug-likeness (QED) is 0.589. The zero-order valence-electron chi connectivity index (χ0n) is 9.51. The average molecular weight is 267 g/mol. The second-order valence-corrected chi connectivity index (χ2v) is 4.35. The lowest BCUT2D eigenvalue weighted by Gasteiger charge is -2.05. The van der Waals surface area contributed by atoms with Crippen LogP contribution >= 0.6 is 11.6 Å². The summed E-state index contributed by atoms with van der Waals surface area (Å²) >= 11 is 5.76. The van der Waals surface area contributed by atoms with E-state index in [4.69, 9.17) is 11.6 Å². The first-order valence-electron chi connectivity index (χ1n) is 5.25. The van der Waals surface area contributed by atoms with Crippen LogP contribution in [0.2, 0.25) is 5.02 Å². The van der Waals surface area contributed by atoms with Crippen LogP contribution in [0, 0.1) is 18.6 Å². The first kappa shape index (κ1) is 12.7. The van der Waals surface area contributed by atoms with Gasteiger partial charge < -0.3 is 0 Å². The highest BCUT2D eigenvalue weighted by Gasteiger charge is 2.16. The Kier molecular flexibility index (Phi) is 3.43. The van der Waals surface area contributed by atoms with Crippen molar-refractivity contribution in [1.82, 2.24) is 0 Å². The Morgan fingerprint density at radius 2 is 1.78 bits per heavy atom. The molecular formula is C14H9ClF2O. The summed E-state index contributed by atoms with van der Waals surface area (Å²) < 4.78 is 26.0. The van der Waals surface area contributed by atoms with Gasteiger partial charge in [0.05, 0.1) is 5.02 Å². The Hall–Kier alpha value is -1.74. The second kappa shape index (κ2) is 4.86. The number of ketones is 1. The minimum Gasteiger partial charge on any atom is -0.289 e. The lowest BCUT2D eigenvalue weighted by atomic mass is 10.0. The minimum atomic E-state index is -1.09. The number of hydrogen-bond acceptors (Lipinski definition) is 1. The Balaban J connectivity index is 2.49. The molecule has 0 bridgehead atoms. The van der Waals surface area contributed by atoms with Crippen molar-refractivity contribution in [3.8, 4) is 0 Å². The molecule has 0 heterocycles. The fraction of sp³-hybridized carbons (Fsp3) is 0.0714. The van der Waals surface area contributed by atoms with E-state index in [-0.39, 0.29) is 10.6 Å². The molecule has 92 valence electrons. The van der Waals surface area contributed by atoms with Crippen LogP contribution in [0.15, 0.2) is 36.4 Å². The standard InChI is InChI=1S/C14H9ClF2O/c1-8-3-2-4-9(5-8)14(18)10-6-12(16)13(17)7-11(10)15/h2-7H,1H3. The molecular weight excluding hydrogens is 258 g/mol. The van der Waals surface area contributed by atoms with E-state index in [0.717, 1.165) is 17.7 Å². The maximum absolute atomic E-state index is 13.1. The van der Waals surface area contributed by atoms with E-state index in [1.54, 1.807) is 18.2 Å². The number of hydrogen-bond donors (Lipinski definition) is 0. The predicted molar refractivity (Wildman–Crippen MR) is 66.0 cm³/mol. The van der Waals surface area contributed by atoms with E-state index >= 15 is 0 Å². The third kappa shape index (κ3) is 2.41. The van der Waals surface area contributed by atoms with Crippen molar-refractivity contribution in [2.75, 3.05) is 0 Å². The zero-order valence-corrected chi connectivity index (χ0v) is 10.3. The fourth-order valence-electron chi connectivity index (χ4n) is 1.64. The van der Waals surface area contributed by atoms with Crippen LogP contribution in [0.1, 0.15) is 21.5 Å². The normalized spacial score (nSPS) is 10.4. The van der Waals surface area contributed by atoms with Crippen LogP contribution in [0.25, 0.3) is 0 Å². The molecule has 0 saturated heterocycles. The molecule has 2 rings (SSSR count). The van der Waals surface area contributed by atoms with Gasteiger partial charge in [-0.05, 0) is 25.1 Å². The van der Waals surface area contributed by atoms with Gasteiger partial charge >= 0.3 is 0 Å². The van der Waals surface area contributed by atoms with Gasteiger partial charge in [0.15, 0.2) is 17.4 Å². The largest absolute Gasteiger partial charge is 0.289 e. The Morgan fingerprint density at radius 1 is 1.11 bits per heavy atom. The minimum absolute atomic E-state index is 0.0406. The molecule has 0 aromatic heterocycles. The summed E-state index contributed by atoms with van der Waals surface area (Å²) in [5.41, 5.74) is 1.25. The third-order valence-corrected chi connectivity index (χ3v) is 2.85. The van der Waals surface area contributed by atoms with Crippen LogP contribution in [-0.4, -0.2) is 5.78 Å². The van der Waals surface area contributed by atoms with Crippen LogP contribution in [-0.2, 0) is 0 Å². The summed E-state index contributed by atoms with van der Waals surface area (Å²) in [5.74, 6) is -2.58. The summed E-state index contributed by atoms with van der Waals surface area (Å²) in [4.78, 5) is 12.1. The highest BCUT2D eigenvalue weighted by molar-refractivity contribution is 6.35. The molecule has 0 saturated carbocycles. The summed E-state index contributed by atoms with van der Waals surface area (Å²) in [6.07, 6.45) is 0. The predicted octanol–water partition coefficient (Wildman–Crippen LogP) is 4.16. The van der Waals surface area contributed by atoms with Gasteiger partial charge in [-0.15, -0.1) is 0 Å². The fourth-order valence-corrected chi connectivity index (χ4v) is 1.87. The maximum Gasteiger partial charge on any atom is 0.194 e. The van der Waals surface area contributed by atoms with E-state index < -0.39 is 17.4 Å². The molecule has 2 aromatic rings. The number of carbonyl (C=O) groups excluding carboxylic acids is 1. The van der Waals surface area contributed by atoms with Gasteiger partial charge in [-0.1, -0.05) is 35.4 Å². The average Bonchev–Trinajstić information content (AvgIpc) is 2.33. The van der Waals surface area contributed by atoms with Crippen LogP contribution in [0.5, 0.6) is 0 Å². The molecule has 0 N–H and O–H groups in total. The van der Waals surface area contributed by atoms with Crippen LogP contribution < -0.4 is 0 Å². The molecule has 0 aliphatic heterocycles. The van der Waals surface area contributed by atoms with Gasteiger partial charge in [-0.3, -0.25) is 4.79 Å². The smallest absolute Gasteiger partial charge is 0.194 e. The second-order valence-electron chi connectivity index (χ2n) is 3.94. The number of aryl methyl sites for hydroxylation is 1.